The maximum atomic E-state index is 6.05. The van der Waals surface area contributed by atoms with Crippen molar-refractivity contribution in [1.82, 2.24) is 0 Å². The Morgan fingerprint density at radius 1 is 0.900 bits per heavy atom. The van der Waals surface area contributed by atoms with E-state index >= 15 is 0 Å². The molecule has 0 unspecified atom stereocenters. The molecule has 0 fully saturated rings. The van der Waals surface area contributed by atoms with Gasteiger partial charge >= 0.3 is 8.56 Å². The number of hydrogen-bond donors (Lipinski definition) is 0. The molecule has 0 aromatic heterocycles. The van der Waals surface area contributed by atoms with Gasteiger partial charge in [0, 0.05) is 6.61 Å². The number of hydrogen-bond acceptors (Lipinski definition) is 2. The van der Waals surface area contributed by atoms with Gasteiger partial charge in [0.1, 0.15) is 5.75 Å². The van der Waals surface area contributed by atoms with Crippen molar-refractivity contribution >= 4 is 8.56 Å². The van der Waals surface area contributed by atoms with Gasteiger partial charge in [-0.3, -0.25) is 0 Å². The average Bonchev–Trinajstić information content (AvgIpc) is 2.43. The monoisotopic (exact) mass is 294 g/mol. The summed E-state index contributed by atoms with van der Waals surface area (Å²) in [5.74, 6) is 0.935. The van der Waals surface area contributed by atoms with E-state index in [-0.39, 0.29) is 0 Å². The van der Waals surface area contributed by atoms with Gasteiger partial charge in [0.25, 0.3) is 0 Å². The van der Waals surface area contributed by atoms with E-state index in [4.69, 9.17) is 8.85 Å². The minimum Gasteiger partial charge on any atom is -0.520 e. The van der Waals surface area contributed by atoms with Crippen molar-refractivity contribution in [2.24, 2.45) is 0 Å². The summed E-state index contributed by atoms with van der Waals surface area (Å²) in [7, 11) is -2.04. The van der Waals surface area contributed by atoms with Crippen molar-refractivity contribution in [3.63, 3.8) is 0 Å². The van der Waals surface area contributed by atoms with Crippen LogP contribution >= 0.6 is 0 Å². The molecule has 0 N–H and O–H groups in total. The van der Waals surface area contributed by atoms with E-state index in [9.17, 15) is 0 Å². The van der Waals surface area contributed by atoms with Crippen molar-refractivity contribution in [3.05, 3.63) is 29.8 Å². The first-order valence-corrected chi connectivity index (χ1v) is 10.8. The minimum atomic E-state index is -2.04. The number of aryl methyl sites for hydroxylation is 1. The number of rotatable bonds is 10. The summed E-state index contributed by atoms with van der Waals surface area (Å²) in [6.07, 6.45) is 7.42. The van der Waals surface area contributed by atoms with E-state index in [0.717, 1.165) is 25.2 Å². The summed E-state index contributed by atoms with van der Waals surface area (Å²) in [4.78, 5) is 0. The molecular formula is C17H30O2Si. The fourth-order valence-electron chi connectivity index (χ4n) is 2.13. The summed E-state index contributed by atoms with van der Waals surface area (Å²) < 4.78 is 12.0. The van der Waals surface area contributed by atoms with E-state index in [1.54, 1.807) is 0 Å². The zero-order valence-electron chi connectivity index (χ0n) is 13.6. The first kappa shape index (κ1) is 17.2. The molecule has 0 saturated heterocycles. The molecule has 2 nitrogen and oxygen atoms in total. The van der Waals surface area contributed by atoms with Crippen LogP contribution in [-0.2, 0) is 10.8 Å². The van der Waals surface area contributed by atoms with Crippen LogP contribution in [0.1, 0.15) is 51.5 Å². The fourth-order valence-corrected chi connectivity index (χ4v) is 3.53. The molecule has 1 aromatic carbocycles. The Hall–Kier alpha value is -0.803. The van der Waals surface area contributed by atoms with E-state index < -0.39 is 8.56 Å². The summed E-state index contributed by atoms with van der Waals surface area (Å²) in [5, 5.41) is 0. The van der Waals surface area contributed by atoms with E-state index in [1.165, 1.54) is 31.2 Å². The first-order chi connectivity index (χ1) is 9.57. The summed E-state index contributed by atoms with van der Waals surface area (Å²) >= 11 is 0. The molecule has 0 heterocycles. The lowest BCUT2D eigenvalue weighted by atomic mass is 10.2. The Balaban J connectivity index is 2.28. The van der Waals surface area contributed by atoms with Crippen LogP contribution in [0.25, 0.3) is 0 Å². The Morgan fingerprint density at radius 3 is 2.15 bits per heavy atom. The normalized spacial score (nSPS) is 11.6. The number of benzene rings is 1. The molecule has 0 aliphatic carbocycles. The van der Waals surface area contributed by atoms with Crippen LogP contribution < -0.4 is 4.43 Å². The highest BCUT2D eigenvalue weighted by molar-refractivity contribution is 6.65. The molecule has 0 spiro atoms. The molecule has 0 amide bonds. The predicted octanol–water partition coefficient (Wildman–Crippen LogP) is 5.32. The van der Waals surface area contributed by atoms with Crippen LogP contribution in [0.5, 0.6) is 5.75 Å². The Bertz CT molecular complexity index is 360. The molecule has 1 aromatic rings. The Kier molecular flexibility index (Phi) is 7.93. The molecule has 0 aliphatic rings. The molecular weight excluding hydrogens is 264 g/mol. The molecule has 0 aliphatic heterocycles. The van der Waals surface area contributed by atoms with Crippen LogP contribution in [0.2, 0.25) is 13.1 Å². The van der Waals surface area contributed by atoms with Gasteiger partial charge in [-0.1, -0.05) is 51.7 Å². The topological polar surface area (TPSA) is 18.5 Å². The van der Waals surface area contributed by atoms with Crippen molar-refractivity contribution in [3.8, 4) is 5.75 Å². The zero-order valence-corrected chi connectivity index (χ0v) is 14.6. The minimum absolute atomic E-state index is 0.829. The third-order valence-electron chi connectivity index (χ3n) is 3.39. The standard InChI is InChI=1S/C17H30O2Si/c1-5-7-8-9-10-15-18-20(3,4)19-17-13-11-16(6-2)12-14-17/h11-14H,5-10,15H2,1-4H3. The van der Waals surface area contributed by atoms with Crippen molar-refractivity contribution in [1.29, 1.82) is 0 Å². The molecule has 0 saturated carbocycles. The molecule has 20 heavy (non-hydrogen) atoms. The van der Waals surface area contributed by atoms with Gasteiger partial charge in [-0.05, 0) is 43.6 Å². The maximum Gasteiger partial charge on any atom is 0.392 e. The highest BCUT2D eigenvalue weighted by Gasteiger charge is 2.26. The predicted molar refractivity (Wildman–Crippen MR) is 88.6 cm³/mol. The second-order valence-electron chi connectivity index (χ2n) is 5.76. The lowest BCUT2D eigenvalue weighted by Crippen LogP contribution is -2.38. The van der Waals surface area contributed by atoms with Crippen LogP contribution in [0.3, 0.4) is 0 Å². The van der Waals surface area contributed by atoms with Crippen LogP contribution in [0.15, 0.2) is 24.3 Å². The average molecular weight is 295 g/mol. The van der Waals surface area contributed by atoms with Crippen molar-refractivity contribution in [2.45, 2.75) is 65.5 Å². The SMILES string of the molecule is CCCCCCCO[Si](C)(C)Oc1ccc(CC)cc1. The zero-order chi connectivity index (χ0) is 14.8. The quantitative estimate of drug-likeness (QED) is 0.429. The second-order valence-corrected chi connectivity index (χ2v) is 9.05. The molecule has 0 bridgehead atoms. The molecule has 1 rings (SSSR count). The van der Waals surface area contributed by atoms with Crippen molar-refractivity contribution < 1.29 is 8.85 Å². The molecule has 0 radical (unpaired) electrons. The molecule has 114 valence electrons. The Morgan fingerprint density at radius 2 is 1.55 bits per heavy atom. The van der Waals surface area contributed by atoms with Gasteiger partial charge in [0.2, 0.25) is 0 Å². The first-order valence-electron chi connectivity index (χ1n) is 7.99. The van der Waals surface area contributed by atoms with E-state index in [1.807, 2.05) is 0 Å². The molecule has 0 atom stereocenters. The summed E-state index contributed by atoms with van der Waals surface area (Å²) in [6.45, 7) is 9.47. The van der Waals surface area contributed by atoms with Crippen molar-refractivity contribution in [2.75, 3.05) is 6.61 Å². The van der Waals surface area contributed by atoms with Gasteiger partial charge in [0.05, 0.1) is 0 Å². The highest BCUT2D eigenvalue weighted by atomic mass is 28.4. The largest absolute Gasteiger partial charge is 0.520 e. The van der Waals surface area contributed by atoms with Gasteiger partial charge < -0.3 is 8.85 Å². The van der Waals surface area contributed by atoms with Crippen LogP contribution in [0.4, 0.5) is 0 Å². The Labute approximate surface area is 125 Å². The maximum absolute atomic E-state index is 6.05. The van der Waals surface area contributed by atoms with E-state index in [0.29, 0.717) is 0 Å². The lowest BCUT2D eigenvalue weighted by Gasteiger charge is -2.24. The van der Waals surface area contributed by atoms with Crippen LogP contribution in [0, 0.1) is 0 Å². The van der Waals surface area contributed by atoms with Crippen LogP contribution in [-0.4, -0.2) is 15.2 Å². The van der Waals surface area contributed by atoms with Gasteiger partial charge in [-0.2, -0.15) is 0 Å². The summed E-state index contributed by atoms with van der Waals surface area (Å²) in [6, 6.07) is 8.37. The second kappa shape index (κ2) is 9.19. The lowest BCUT2D eigenvalue weighted by molar-refractivity contribution is 0.241. The molecule has 3 heteroatoms. The fraction of sp³-hybridized carbons (Fsp3) is 0.647. The van der Waals surface area contributed by atoms with Gasteiger partial charge in [-0.25, -0.2) is 0 Å². The van der Waals surface area contributed by atoms with Gasteiger partial charge in [0.15, 0.2) is 0 Å². The third-order valence-corrected chi connectivity index (χ3v) is 5.02. The van der Waals surface area contributed by atoms with E-state index in [2.05, 4.69) is 51.2 Å². The summed E-state index contributed by atoms with van der Waals surface area (Å²) in [5.41, 5.74) is 1.34. The number of unbranched alkanes of at least 4 members (excludes halogenated alkanes) is 4. The van der Waals surface area contributed by atoms with Gasteiger partial charge in [-0.15, -0.1) is 0 Å². The third kappa shape index (κ3) is 7.11. The smallest absolute Gasteiger partial charge is 0.392 e. The highest BCUT2D eigenvalue weighted by Crippen LogP contribution is 2.18.